The van der Waals surface area contributed by atoms with E-state index in [9.17, 15) is 0 Å². The van der Waals surface area contributed by atoms with Gasteiger partial charge in [0.2, 0.25) is 0 Å². The van der Waals surface area contributed by atoms with Crippen LogP contribution in [0.3, 0.4) is 0 Å². The lowest BCUT2D eigenvalue weighted by atomic mass is 10.1. The summed E-state index contributed by atoms with van der Waals surface area (Å²) >= 11 is 0. The van der Waals surface area contributed by atoms with Crippen molar-refractivity contribution in [3.63, 3.8) is 0 Å². The quantitative estimate of drug-likeness (QED) is 0.342. The molecule has 0 radical (unpaired) electrons. The van der Waals surface area contributed by atoms with Gasteiger partial charge in [-0.15, -0.1) is 0 Å². The topological polar surface area (TPSA) is 0 Å². The Balaban J connectivity index is -0.000000443. The average Bonchev–Trinajstić information content (AvgIpc) is 2.82. The van der Waals surface area contributed by atoms with Crippen molar-refractivity contribution in [3.05, 3.63) is 60.7 Å². The molecule has 36 heavy (non-hydrogen) atoms. The Bertz CT molecular complexity index is 596. The first-order valence-corrected chi connectivity index (χ1v) is 14.1. The zero-order valence-electron chi connectivity index (χ0n) is 24.9. The molecule has 0 amide bonds. The first-order chi connectivity index (χ1) is 16.3. The summed E-state index contributed by atoms with van der Waals surface area (Å²) < 4.78 is 2.56. The number of benzene rings is 2. The SMILES string of the molecule is CCC[N+](C)(CCC)CCC.CCC[N+](C)(CCC)CCC.[Cl-].[Cl-].c1ccc(-c2ccccc2)cc1. The molecule has 2 aromatic rings. The molecule has 0 spiro atoms. The smallest absolute Gasteiger partial charge is 0.0781 e. The van der Waals surface area contributed by atoms with Gasteiger partial charge in [-0.3, -0.25) is 0 Å². The third-order valence-corrected chi connectivity index (χ3v) is 6.46. The van der Waals surface area contributed by atoms with Crippen molar-refractivity contribution < 1.29 is 33.8 Å². The van der Waals surface area contributed by atoms with E-state index in [0.29, 0.717) is 0 Å². The van der Waals surface area contributed by atoms with E-state index in [1.807, 2.05) is 12.1 Å². The largest absolute Gasteiger partial charge is 1.00 e. The van der Waals surface area contributed by atoms with Gasteiger partial charge in [0.25, 0.3) is 0 Å². The van der Waals surface area contributed by atoms with Gasteiger partial charge in [-0.25, -0.2) is 0 Å². The minimum absolute atomic E-state index is 0. The van der Waals surface area contributed by atoms with Crippen LogP contribution < -0.4 is 24.8 Å². The monoisotopic (exact) mass is 540 g/mol. The average molecular weight is 542 g/mol. The molecular formula is C32H58Cl2N2. The maximum atomic E-state index is 2.39. The van der Waals surface area contributed by atoms with Crippen molar-refractivity contribution in [2.24, 2.45) is 0 Å². The predicted molar refractivity (Wildman–Crippen MR) is 155 cm³/mol. The molecule has 210 valence electrons. The maximum absolute atomic E-state index is 2.39. The summed E-state index contributed by atoms with van der Waals surface area (Å²) in [4.78, 5) is 0. The van der Waals surface area contributed by atoms with E-state index in [1.165, 1.54) is 97.9 Å². The second kappa shape index (κ2) is 24.3. The number of rotatable bonds is 13. The molecule has 0 aliphatic carbocycles. The van der Waals surface area contributed by atoms with Gasteiger partial charge in [0.15, 0.2) is 0 Å². The van der Waals surface area contributed by atoms with Crippen LogP contribution in [0.5, 0.6) is 0 Å². The summed E-state index contributed by atoms with van der Waals surface area (Å²) in [7, 11) is 4.77. The van der Waals surface area contributed by atoms with Crippen molar-refractivity contribution in [2.75, 3.05) is 53.4 Å². The van der Waals surface area contributed by atoms with Crippen molar-refractivity contribution in [2.45, 2.75) is 80.1 Å². The molecule has 4 heteroatoms. The molecule has 0 heterocycles. The third-order valence-electron chi connectivity index (χ3n) is 6.46. The van der Waals surface area contributed by atoms with Crippen molar-refractivity contribution in [3.8, 4) is 11.1 Å². The number of halogens is 2. The summed E-state index contributed by atoms with van der Waals surface area (Å²) in [5.41, 5.74) is 2.55. The zero-order chi connectivity index (χ0) is 25.7. The fourth-order valence-electron chi connectivity index (χ4n) is 5.17. The first kappa shape index (κ1) is 39.5. The van der Waals surface area contributed by atoms with Gasteiger partial charge in [-0.1, -0.05) is 102 Å². The normalized spacial score (nSPS) is 10.6. The van der Waals surface area contributed by atoms with Crippen molar-refractivity contribution >= 4 is 0 Å². The van der Waals surface area contributed by atoms with Crippen LogP contribution in [-0.4, -0.2) is 62.3 Å². The lowest BCUT2D eigenvalue weighted by Gasteiger charge is -2.33. The van der Waals surface area contributed by atoms with Crippen LogP contribution in [0, 0.1) is 0 Å². The lowest BCUT2D eigenvalue weighted by Crippen LogP contribution is -3.00. The van der Waals surface area contributed by atoms with Crippen molar-refractivity contribution in [1.29, 1.82) is 0 Å². The van der Waals surface area contributed by atoms with Crippen LogP contribution in [-0.2, 0) is 0 Å². The molecule has 0 saturated heterocycles. The second-order valence-corrected chi connectivity index (χ2v) is 10.3. The molecule has 0 bridgehead atoms. The number of hydrogen-bond acceptors (Lipinski definition) is 0. The first-order valence-electron chi connectivity index (χ1n) is 14.1. The molecular weight excluding hydrogens is 483 g/mol. The minimum Gasteiger partial charge on any atom is -1.00 e. The highest BCUT2D eigenvalue weighted by molar-refractivity contribution is 5.62. The summed E-state index contributed by atoms with van der Waals surface area (Å²) in [6, 6.07) is 20.8. The summed E-state index contributed by atoms with van der Waals surface area (Å²) in [5, 5.41) is 0. The van der Waals surface area contributed by atoms with Crippen LogP contribution in [0.4, 0.5) is 0 Å². The Labute approximate surface area is 238 Å². The molecule has 0 unspecified atom stereocenters. The molecule has 2 nitrogen and oxygen atoms in total. The molecule has 0 N–H and O–H groups in total. The number of quaternary nitrogens is 2. The summed E-state index contributed by atoms with van der Waals surface area (Å²) in [6.07, 6.45) is 7.90. The molecule has 0 aliphatic rings. The van der Waals surface area contributed by atoms with E-state index in [-0.39, 0.29) is 24.8 Å². The fraction of sp³-hybridized carbons (Fsp3) is 0.625. The molecule has 0 saturated carbocycles. The van der Waals surface area contributed by atoms with Crippen LogP contribution in [0.15, 0.2) is 60.7 Å². The van der Waals surface area contributed by atoms with E-state index in [4.69, 9.17) is 0 Å². The standard InChI is InChI=1S/C12H10.2C10H24N.2ClH/c1-3-7-11(8-4-1)12-9-5-2-6-10-12;2*1-5-8-11(4,9-6-2)10-7-3;;/h1-10H;2*5-10H2,1-4H3;2*1H/q;2*+1;;/p-2. The van der Waals surface area contributed by atoms with E-state index < -0.39 is 0 Å². The highest BCUT2D eigenvalue weighted by atomic mass is 35.5. The Morgan fingerprint density at radius 1 is 0.389 bits per heavy atom. The molecule has 0 aliphatic heterocycles. The van der Waals surface area contributed by atoms with Gasteiger partial charge < -0.3 is 33.8 Å². The van der Waals surface area contributed by atoms with Gasteiger partial charge in [0.1, 0.15) is 0 Å². The molecule has 0 atom stereocenters. The van der Waals surface area contributed by atoms with Crippen molar-refractivity contribution in [1.82, 2.24) is 0 Å². The van der Waals surface area contributed by atoms with E-state index in [0.717, 1.165) is 0 Å². The van der Waals surface area contributed by atoms with Crippen LogP contribution in [0.25, 0.3) is 11.1 Å². The highest BCUT2D eigenvalue weighted by Gasteiger charge is 2.17. The number of hydrogen-bond donors (Lipinski definition) is 0. The van der Waals surface area contributed by atoms with Gasteiger partial charge in [0.05, 0.1) is 53.4 Å². The molecule has 2 aromatic carbocycles. The van der Waals surface area contributed by atoms with Gasteiger partial charge >= 0.3 is 0 Å². The van der Waals surface area contributed by atoms with E-state index >= 15 is 0 Å². The Morgan fingerprint density at radius 2 is 0.583 bits per heavy atom. The number of nitrogens with zero attached hydrogens (tertiary/aromatic N) is 2. The second-order valence-electron chi connectivity index (χ2n) is 10.3. The molecule has 2 rings (SSSR count). The van der Waals surface area contributed by atoms with Gasteiger partial charge in [0, 0.05) is 0 Å². The highest BCUT2D eigenvalue weighted by Crippen LogP contribution is 2.17. The predicted octanol–water partition coefficient (Wildman–Crippen LogP) is 2.69. The van der Waals surface area contributed by atoms with E-state index in [1.54, 1.807) is 0 Å². The Kier molecular flexibility index (Phi) is 26.6. The zero-order valence-corrected chi connectivity index (χ0v) is 26.4. The molecule has 0 fully saturated rings. The Morgan fingerprint density at radius 3 is 0.750 bits per heavy atom. The van der Waals surface area contributed by atoms with Gasteiger partial charge in [-0.2, -0.15) is 0 Å². The molecule has 0 aromatic heterocycles. The fourth-order valence-corrected chi connectivity index (χ4v) is 5.17. The van der Waals surface area contributed by atoms with Gasteiger partial charge in [-0.05, 0) is 49.7 Å². The van der Waals surface area contributed by atoms with E-state index in [2.05, 4.69) is 104 Å². The van der Waals surface area contributed by atoms with Crippen LogP contribution >= 0.6 is 0 Å². The summed E-state index contributed by atoms with van der Waals surface area (Å²) in [5.74, 6) is 0. The van der Waals surface area contributed by atoms with Crippen LogP contribution in [0.1, 0.15) is 80.1 Å². The third kappa shape index (κ3) is 18.2. The summed E-state index contributed by atoms with van der Waals surface area (Å²) in [6.45, 7) is 21.8. The Hall–Kier alpha value is -1.06. The maximum Gasteiger partial charge on any atom is 0.0781 e. The van der Waals surface area contributed by atoms with Crippen LogP contribution in [0.2, 0.25) is 0 Å². The lowest BCUT2D eigenvalue weighted by molar-refractivity contribution is -0.909. The minimum atomic E-state index is 0.